The highest BCUT2D eigenvalue weighted by molar-refractivity contribution is 5.98. The van der Waals surface area contributed by atoms with Gasteiger partial charge in [0.1, 0.15) is 41.8 Å². The van der Waals surface area contributed by atoms with Crippen LogP contribution < -0.4 is 16.0 Å². The predicted octanol–water partition coefficient (Wildman–Crippen LogP) is 3.58. The van der Waals surface area contributed by atoms with Gasteiger partial charge in [-0.15, -0.1) is 0 Å². The number of nitrogens with one attached hydrogen (secondary N) is 3. The number of Topliss-reactive ketones (excluding diaryl/α,β-unsaturated/α-hetero) is 1. The molecule has 6 amide bonds. The first kappa shape index (κ1) is 45.0. The lowest BCUT2D eigenvalue weighted by Crippen LogP contribution is -2.61. The summed E-state index contributed by atoms with van der Waals surface area (Å²) in [7, 11) is 0. The first-order valence-corrected chi connectivity index (χ1v) is 20.5. The van der Waals surface area contributed by atoms with Gasteiger partial charge in [-0.3, -0.25) is 33.6 Å². The van der Waals surface area contributed by atoms with Crippen molar-refractivity contribution >= 4 is 41.2 Å². The molecule has 13 nitrogen and oxygen atoms in total. The van der Waals surface area contributed by atoms with Crippen LogP contribution >= 0.6 is 0 Å². The van der Waals surface area contributed by atoms with Gasteiger partial charge < -0.3 is 30.7 Å². The minimum absolute atomic E-state index is 0.107. The average molecular weight is 799 g/mol. The van der Waals surface area contributed by atoms with Gasteiger partial charge in [0, 0.05) is 32.1 Å². The zero-order valence-electron chi connectivity index (χ0n) is 34.2. The summed E-state index contributed by atoms with van der Waals surface area (Å²) >= 11 is 0. The lowest BCUT2D eigenvalue weighted by Gasteiger charge is -2.41. The number of ketones is 1. The van der Waals surface area contributed by atoms with E-state index in [1.807, 2.05) is 13.8 Å². The number of rotatable bonds is 16. The van der Waals surface area contributed by atoms with E-state index in [2.05, 4.69) is 16.0 Å². The smallest absolute Gasteiger partial charge is 0.246 e. The molecule has 57 heavy (non-hydrogen) atoms. The van der Waals surface area contributed by atoms with Crippen LogP contribution in [-0.4, -0.2) is 112 Å². The zero-order chi connectivity index (χ0) is 42.0. The summed E-state index contributed by atoms with van der Waals surface area (Å²) < 4.78 is 28.2. The molecule has 0 bridgehead atoms. The summed E-state index contributed by atoms with van der Waals surface area (Å²) in [5, 5.41) is 8.18. The highest BCUT2D eigenvalue weighted by Gasteiger charge is 2.45. The minimum Gasteiger partial charge on any atom is -0.343 e. The van der Waals surface area contributed by atoms with Crippen molar-refractivity contribution in [3.8, 4) is 0 Å². The Morgan fingerprint density at radius 2 is 1.44 bits per heavy atom. The van der Waals surface area contributed by atoms with Gasteiger partial charge in [0.2, 0.25) is 35.4 Å². The lowest BCUT2D eigenvalue weighted by molar-refractivity contribution is -0.152. The molecule has 0 aliphatic carbocycles. The molecule has 1 aromatic carbocycles. The van der Waals surface area contributed by atoms with Crippen molar-refractivity contribution in [2.45, 2.75) is 142 Å². The van der Waals surface area contributed by atoms with E-state index in [9.17, 15) is 42.3 Å². The highest BCUT2D eigenvalue weighted by Crippen LogP contribution is 2.29. The second-order valence-corrected chi connectivity index (χ2v) is 16.2. The first-order chi connectivity index (χ1) is 27.0. The van der Waals surface area contributed by atoms with Crippen molar-refractivity contribution in [1.82, 2.24) is 30.7 Å². The molecular weight excluding hydrogens is 738 g/mol. The number of amides is 6. The van der Waals surface area contributed by atoms with E-state index in [1.54, 1.807) is 26.8 Å². The number of halogens is 2. The van der Waals surface area contributed by atoms with E-state index in [1.165, 1.54) is 27.7 Å². The maximum Gasteiger partial charge on any atom is 0.246 e. The van der Waals surface area contributed by atoms with Gasteiger partial charge in [0.05, 0.1) is 6.04 Å². The summed E-state index contributed by atoms with van der Waals surface area (Å²) in [6, 6.07) is -2.79. The van der Waals surface area contributed by atoms with Crippen LogP contribution in [0.25, 0.3) is 0 Å². The summed E-state index contributed by atoms with van der Waals surface area (Å²) in [6.07, 6.45) is 8.29. The topological polar surface area (TPSA) is 165 Å². The van der Waals surface area contributed by atoms with Crippen LogP contribution in [0.15, 0.2) is 30.4 Å². The number of piperidine rings is 1. The molecule has 4 rings (SSSR count). The van der Waals surface area contributed by atoms with E-state index >= 15 is 0 Å². The minimum atomic E-state index is -1.29. The highest BCUT2D eigenvalue weighted by atomic mass is 19.1. The van der Waals surface area contributed by atoms with Crippen LogP contribution in [-0.2, 0) is 40.0 Å². The largest absolute Gasteiger partial charge is 0.343 e. The Morgan fingerprint density at radius 1 is 0.807 bits per heavy atom. The van der Waals surface area contributed by atoms with Crippen LogP contribution in [0.4, 0.5) is 8.78 Å². The van der Waals surface area contributed by atoms with Gasteiger partial charge >= 0.3 is 0 Å². The van der Waals surface area contributed by atoms with Crippen molar-refractivity contribution in [2.75, 3.05) is 19.6 Å². The molecule has 0 saturated carbocycles. The van der Waals surface area contributed by atoms with Gasteiger partial charge in [0.25, 0.3) is 0 Å². The maximum absolute atomic E-state index is 14.4. The third-order valence-electron chi connectivity index (χ3n) is 11.2. The molecule has 3 aliphatic heterocycles. The van der Waals surface area contributed by atoms with Crippen LogP contribution in [0.3, 0.4) is 0 Å². The Hall–Kier alpha value is -4.69. The summed E-state index contributed by atoms with van der Waals surface area (Å²) in [4.78, 5) is 99.1. The van der Waals surface area contributed by atoms with Crippen molar-refractivity contribution in [2.24, 2.45) is 11.8 Å². The van der Waals surface area contributed by atoms with Gasteiger partial charge in [0.15, 0.2) is 5.78 Å². The second kappa shape index (κ2) is 20.6. The van der Waals surface area contributed by atoms with E-state index in [0.29, 0.717) is 57.6 Å². The molecule has 1 unspecified atom stereocenters. The molecule has 0 radical (unpaired) electrons. The first-order valence-electron chi connectivity index (χ1n) is 20.5. The summed E-state index contributed by atoms with van der Waals surface area (Å²) in [5.74, 6) is -5.19. The lowest BCUT2D eigenvalue weighted by atomic mass is 9.91. The molecule has 3 N–H and O–H groups in total. The number of hydrogen-bond acceptors (Lipinski definition) is 7. The van der Waals surface area contributed by atoms with Gasteiger partial charge in [-0.2, -0.15) is 0 Å². The molecular formula is C42H60F2N6O7. The number of carbonyl (C=O) groups excluding carboxylic acids is 7. The Kier molecular flexibility index (Phi) is 16.3. The van der Waals surface area contributed by atoms with Crippen molar-refractivity contribution in [3.63, 3.8) is 0 Å². The summed E-state index contributed by atoms with van der Waals surface area (Å²) in [6.45, 7) is 11.4. The van der Waals surface area contributed by atoms with Gasteiger partial charge in [-0.1, -0.05) is 46.6 Å². The van der Waals surface area contributed by atoms with E-state index in [0.717, 1.165) is 25.0 Å². The molecule has 1 aromatic rings. The second-order valence-electron chi connectivity index (χ2n) is 16.2. The van der Waals surface area contributed by atoms with Crippen LogP contribution in [0.1, 0.15) is 105 Å². The molecule has 15 heteroatoms. The standard InChI is InChI=1S/C42H60F2N6O7/c1-7-8-9-10-15-36(52)46-32(23-29-21-30(43)24-31(44)22-29)38(53)47-37(25(2)3)42(57)49-18-12-14-34(49)41(56)50-19-16-26(4)20-35(50)39(54)45-27(5)40(55)48-17-11-13-33(48)28(6)51/h10,15,21-22,24-27,32-35,37H,7-9,11-14,16-20,23H2,1-6H3,(H,45,54)(H,46,52)(H,47,53)/b15-10+/t26?,27-,32-,33-,34-,35-,37-/m0/s1. The SMILES string of the molecule is CCCC/C=C/C(=O)N[C@@H](Cc1cc(F)cc(F)c1)C(=O)N[C@H](C(=O)N1CCC[C@H]1C(=O)N1CCC(C)C[C@H]1C(=O)N[C@@H](C)C(=O)N1CCC[C@H]1C(C)=O)C(C)C. The normalized spacial score (nSPS) is 22.6. The third-order valence-corrected chi connectivity index (χ3v) is 11.2. The predicted molar refractivity (Wildman–Crippen MR) is 209 cm³/mol. The molecule has 3 saturated heterocycles. The molecule has 3 fully saturated rings. The molecule has 3 heterocycles. The average Bonchev–Trinajstić information content (AvgIpc) is 3.85. The van der Waals surface area contributed by atoms with E-state index in [4.69, 9.17) is 0 Å². The summed E-state index contributed by atoms with van der Waals surface area (Å²) in [5.41, 5.74) is 0.130. The van der Waals surface area contributed by atoms with E-state index < -0.39 is 83.3 Å². The van der Waals surface area contributed by atoms with Crippen molar-refractivity contribution < 1.29 is 42.3 Å². The number of nitrogens with zero attached hydrogens (tertiary/aromatic N) is 3. The quantitative estimate of drug-likeness (QED) is 0.170. The van der Waals surface area contributed by atoms with Gasteiger partial charge in [-0.05, 0) is 94.4 Å². The Balaban J connectivity index is 1.49. The van der Waals surface area contributed by atoms with Crippen LogP contribution in [0.5, 0.6) is 0 Å². The van der Waals surface area contributed by atoms with Gasteiger partial charge in [-0.25, -0.2) is 8.78 Å². The van der Waals surface area contributed by atoms with Crippen LogP contribution in [0.2, 0.25) is 0 Å². The molecule has 7 atom stereocenters. The number of benzene rings is 1. The fourth-order valence-electron chi connectivity index (χ4n) is 8.06. The fourth-order valence-corrected chi connectivity index (χ4v) is 8.06. The van der Waals surface area contributed by atoms with E-state index in [-0.39, 0.29) is 42.7 Å². The number of allylic oxidation sites excluding steroid dienone is 1. The fraction of sp³-hybridized carbons (Fsp3) is 0.643. The number of likely N-dealkylation sites (tertiary alicyclic amines) is 3. The van der Waals surface area contributed by atoms with Crippen molar-refractivity contribution in [3.05, 3.63) is 47.5 Å². The molecule has 314 valence electrons. The molecule has 3 aliphatic rings. The molecule has 0 aromatic heterocycles. The molecule has 0 spiro atoms. The monoisotopic (exact) mass is 798 g/mol. The Labute approximate surface area is 334 Å². The zero-order valence-corrected chi connectivity index (χ0v) is 34.2. The third kappa shape index (κ3) is 11.9. The number of hydrogen-bond donors (Lipinski definition) is 3. The van der Waals surface area contributed by atoms with Crippen LogP contribution in [0, 0.1) is 23.5 Å². The Morgan fingerprint density at radius 3 is 2.05 bits per heavy atom. The Bertz CT molecular complexity index is 1670. The number of unbranched alkanes of at least 4 members (excludes halogenated alkanes) is 2. The van der Waals surface area contributed by atoms with Crippen molar-refractivity contribution in [1.29, 1.82) is 0 Å². The maximum atomic E-state index is 14.4. The number of carbonyl (C=O) groups is 7.